The van der Waals surface area contributed by atoms with Gasteiger partial charge in [0.25, 0.3) is 5.91 Å². The van der Waals surface area contributed by atoms with Crippen LogP contribution in [0, 0.1) is 0 Å². The lowest BCUT2D eigenvalue weighted by molar-refractivity contribution is -0.274. The number of rotatable bonds is 6. The molecule has 0 radical (unpaired) electrons. The van der Waals surface area contributed by atoms with Gasteiger partial charge in [-0.25, -0.2) is 8.42 Å². The van der Waals surface area contributed by atoms with Gasteiger partial charge in [0.05, 0.1) is 19.0 Å². The molecule has 0 spiro atoms. The second-order valence-electron chi connectivity index (χ2n) is 6.49. The zero-order valence-corrected chi connectivity index (χ0v) is 16.5. The van der Waals surface area contributed by atoms with Gasteiger partial charge in [0, 0.05) is 24.3 Å². The van der Waals surface area contributed by atoms with Crippen LogP contribution in [0.25, 0.3) is 0 Å². The Labute approximate surface area is 171 Å². The van der Waals surface area contributed by atoms with Gasteiger partial charge in [0.15, 0.2) is 0 Å². The quantitative estimate of drug-likeness (QED) is 0.741. The van der Waals surface area contributed by atoms with Crippen molar-refractivity contribution < 1.29 is 35.9 Å². The molecule has 1 aliphatic heterocycles. The van der Waals surface area contributed by atoms with Crippen LogP contribution in [0.15, 0.2) is 48.5 Å². The first-order valence-corrected chi connectivity index (χ1v) is 10.5. The van der Waals surface area contributed by atoms with Crippen molar-refractivity contribution in [3.63, 3.8) is 0 Å². The van der Waals surface area contributed by atoms with Gasteiger partial charge in [0.2, 0.25) is 10.0 Å². The summed E-state index contributed by atoms with van der Waals surface area (Å²) in [7, 11) is -3.47. The number of nitrogens with zero attached hydrogens (tertiary/aromatic N) is 1. The Hall–Kier alpha value is -2.63. The van der Waals surface area contributed by atoms with Crippen molar-refractivity contribution in [3.05, 3.63) is 59.7 Å². The third kappa shape index (κ3) is 6.18. The molecule has 11 heteroatoms. The molecule has 0 bridgehead atoms. The summed E-state index contributed by atoms with van der Waals surface area (Å²) in [4.78, 5) is 12.3. The Kier molecular flexibility index (Phi) is 6.64. The number of ether oxygens (including phenoxy) is 2. The molecule has 1 aliphatic rings. The van der Waals surface area contributed by atoms with Crippen molar-refractivity contribution in [2.75, 3.05) is 31.6 Å². The maximum Gasteiger partial charge on any atom is 0.573 e. The fourth-order valence-corrected chi connectivity index (χ4v) is 4.32. The molecule has 0 unspecified atom stereocenters. The van der Waals surface area contributed by atoms with Crippen LogP contribution in [0.3, 0.4) is 0 Å². The van der Waals surface area contributed by atoms with Crippen LogP contribution in [0.1, 0.15) is 15.9 Å². The fourth-order valence-electron chi connectivity index (χ4n) is 2.82. The highest BCUT2D eigenvalue weighted by Crippen LogP contribution is 2.24. The van der Waals surface area contributed by atoms with E-state index in [0.29, 0.717) is 31.9 Å². The van der Waals surface area contributed by atoms with E-state index in [0.717, 1.165) is 12.1 Å². The monoisotopic (exact) mass is 444 g/mol. The number of alkyl halides is 3. The van der Waals surface area contributed by atoms with Gasteiger partial charge in [-0.15, -0.1) is 13.2 Å². The van der Waals surface area contributed by atoms with Gasteiger partial charge < -0.3 is 14.8 Å². The molecule has 162 valence electrons. The molecule has 1 amide bonds. The van der Waals surface area contributed by atoms with Crippen LogP contribution in [-0.4, -0.2) is 51.3 Å². The van der Waals surface area contributed by atoms with Crippen LogP contribution >= 0.6 is 0 Å². The van der Waals surface area contributed by atoms with Crippen molar-refractivity contribution >= 4 is 21.6 Å². The number of benzene rings is 2. The van der Waals surface area contributed by atoms with Crippen molar-refractivity contribution in [3.8, 4) is 5.75 Å². The zero-order valence-electron chi connectivity index (χ0n) is 15.7. The second kappa shape index (κ2) is 9.02. The molecule has 1 N–H and O–H groups in total. The summed E-state index contributed by atoms with van der Waals surface area (Å²) in [6.45, 7) is 1.36. The normalized spacial score (nSPS) is 15.6. The molecule has 0 atom stereocenters. The standard InChI is InChI=1S/C19H19F3N2O5S/c20-19(21,22)29-17-7-5-16(6-8-17)23-18(25)15-3-1-14(2-4-15)13-30(26,27)24-9-11-28-12-10-24/h1-8H,9-13H2,(H,23,25). The van der Waals surface area contributed by atoms with Crippen LogP contribution in [-0.2, 0) is 20.5 Å². The molecule has 0 aliphatic carbocycles. The molecular weight excluding hydrogens is 425 g/mol. The molecular formula is C19H19F3N2O5S. The average Bonchev–Trinajstić information content (AvgIpc) is 2.69. The Morgan fingerprint density at radius 1 is 1.03 bits per heavy atom. The Balaban J connectivity index is 1.59. The van der Waals surface area contributed by atoms with Crippen molar-refractivity contribution in [1.29, 1.82) is 0 Å². The average molecular weight is 444 g/mol. The predicted octanol–water partition coefficient (Wildman–Crippen LogP) is 3.00. The largest absolute Gasteiger partial charge is 0.573 e. The first-order valence-electron chi connectivity index (χ1n) is 8.94. The maximum absolute atomic E-state index is 12.4. The number of sulfonamides is 1. The molecule has 1 fully saturated rings. The Morgan fingerprint density at radius 3 is 2.20 bits per heavy atom. The summed E-state index contributed by atoms with van der Waals surface area (Å²) in [6.07, 6.45) is -4.79. The minimum atomic E-state index is -4.79. The third-order valence-electron chi connectivity index (χ3n) is 4.27. The summed E-state index contributed by atoms with van der Waals surface area (Å²) >= 11 is 0. The number of amides is 1. The molecule has 0 aromatic heterocycles. The summed E-state index contributed by atoms with van der Waals surface area (Å²) in [5.41, 5.74) is 1.10. The van der Waals surface area contributed by atoms with Crippen LogP contribution in [0.5, 0.6) is 5.75 Å². The van der Waals surface area contributed by atoms with Crippen molar-refractivity contribution in [2.24, 2.45) is 0 Å². The number of carbonyl (C=O) groups excluding carboxylic acids is 1. The van der Waals surface area contributed by atoms with Gasteiger partial charge in [-0.2, -0.15) is 4.31 Å². The lowest BCUT2D eigenvalue weighted by Gasteiger charge is -2.26. The van der Waals surface area contributed by atoms with Gasteiger partial charge in [-0.1, -0.05) is 12.1 Å². The Bertz CT molecular complexity index is 971. The van der Waals surface area contributed by atoms with Crippen molar-refractivity contribution in [2.45, 2.75) is 12.1 Å². The number of morpholine rings is 1. The topological polar surface area (TPSA) is 84.9 Å². The molecule has 1 heterocycles. The van der Waals surface area contributed by atoms with E-state index in [1.807, 2.05) is 0 Å². The molecule has 1 saturated heterocycles. The van der Waals surface area contributed by atoms with Crippen LogP contribution in [0.2, 0.25) is 0 Å². The first kappa shape index (κ1) is 22.1. The van der Waals surface area contributed by atoms with Gasteiger partial charge in [0.1, 0.15) is 5.75 Å². The fraction of sp³-hybridized carbons (Fsp3) is 0.316. The molecule has 2 aromatic carbocycles. The van der Waals surface area contributed by atoms with E-state index in [4.69, 9.17) is 4.74 Å². The minimum absolute atomic E-state index is 0.185. The highest BCUT2D eigenvalue weighted by molar-refractivity contribution is 7.88. The summed E-state index contributed by atoms with van der Waals surface area (Å²) in [6, 6.07) is 10.8. The van der Waals surface area contributed by atoms with E-state index in [-0.39, 0.29) is 17.0 Å². The number of nitrogens with one attached hydrogen (secondary N) is 1. The predicted molar refractivity (Wildman–Crippen MR) is 103 cm³/mol. The highest BCUT2D eigenvalue weighted by atomic mass is 32.2. The van der Waals surface area contributed by atoms with Crippen molar-refractivity contribution in [1.82, 2.24) is 4.31 Å². The number of hydrogen-bond acceptors (Lipinski definition) is 5. The van der Waals surface area contributed by atoms with E-state index in [9.17, 15) is 26.4 Å². The highest BCUT2D eigenvalue weighted by Gasteiger charge is 2.31. The lowest BCUT2D eigenvalue weighted by atomic mass is 10.1. The number of carbonyl (C=O) groups is 1. The van der Waals surface area contributed by atoms with E-state index < -0.39 is 28.0 Å². The number of anilines is 1. The van der Waals surface area contributed by atoms with Gasteiger partial charge in [-0.05, 0) is 42.0 Å². The van der Waals surface area contributed by atoms with E-state index in [1.54, 1.807) is 12.1 Å². The molecule has 3 rings (SSSR count). The van der Waals surface area contributed by atoms with E-state index >= 15 is 0 Å². The lowest BCUT2D eigenvalue weighted by Crippen LogP contribution is -2.41. The summed E-state index contributed by atoms with van der Waals surface area (Å²) in [5, 5.41) is 2.55. The second-order valence-corrected chi connectivity index (χ2v) is 8.46. The third-order valence-corrected chi connectivity index (χ3v) is 6.12. The number of hydrogen-bond donors (Lipinski definition) is 1. The van der Waals surface area contributed by atoms with Crippen LogP contribution in [0.4, 0.5) is 18.9 Å². The SMILES string of the molecule is O=C(Nc1ccc(OC(F)(F)F)cc1)c1ccc(CS(=O)(=O)N2CCOCC2)cc1. The summed E-state index contributed by atoms with van der Waals surface area (Å²) < 4.78 is 71.7. The Morgan fingerprint density at radius 2 is 1.63 bits per heavy atom. The van der Waals surface area contributed by atoms with Gasteiger partial charge >= 0.3 is 6.36 Å². The van der Waals surface area contributed by atoms with Gasteiger partial charge in [-0.3, -0.25) is 4.79 Å². The molecule has 2 aromatic rings. The molecule has 30 heavy (non-hydrogen) atoms. The van der Waals surface area contributed by atoms with Crippen LogP contribution < -0.4 is 10.1 Å². The maximum atomic E-state index is 12.4. The molecule has 7 nitrogen and oxygen atoms in total. The molecule has 0 saturated carbocycles. The summed E-state index contributed by atoms with van der Waals surface area (Å²) in [5.74, 6) is -1.07. The number of halogens is 3. The first-order chi connectivity index (χ1) is 14.1. The zero-order chi connectivity index (χ0) is 21.8. The minimum Gasteiger partial charge on any atom is -0.406 e. The van der Waals surface area contributed by atoms with E-state index in [1.165, 1.54) is 28.6 Å². The smallest absolute Gasteiger partial charge is 0.406 e. The van der Waals surface area contributed by atoms with E-state index in [2.05, 4.69) is 10.1 Å².